The molecule has 2 aromatic carbocycles. The molecule has 0 aliphatic heterocycles. The monoisotopic (exact) mass is 416 g/mol. The Balaban J connectivity index is 1.93. The van der Waals surface area contributed by atoms with Gasteiger partial charge in [-0.15, -0.1) is 11.8 Å². The lowest BCUT2D eigenvalue weighted by Crippen LogP contribution is -2.28. The van der Waals surface area contributed by atoms with Gasteiger partial charge >= 0.3 is 0 Å². The number of non-ortho nitro benzene ring substituents is 1. The maximum Gasteiger partial charge on any atom is 0.269 e. The maximum atomic E-state index is 12.4. The summed E-state index contributed by atoms with van der Waals surface area (Å²) < 4.78 is 5.49. The van der Waals surface area contributed by atoms with Crippen LogP contribution in [0.1, 0.15) is 55.0 Å². The first-order chi connectivity index (χ1) is 13.7. The first-order valence-corrected chi connectivity index (χ1v) is 10.7. The molecule has 7 heteroatoms. The van der Waals surface area contributed by atoms with E-state index >= 15 is 0 Å². The first-order valence-electron chi connectivity index (χ1n) is 9.51. The quantitative estimate of drug-likeness (QED) is 0.452. The summed E-state index contributed by atoms with van der Waals surface area (Å²) in [5, 5.41) is 13.8. The lowest BCUT2D eigenvalue weighted by Gasteiger charge is -2.21. The van der Waals surface area contributed by atoms with Crippen molar-refractivity contribution < 1.29 is 14.5 Å². The largest absolute Gasteiger partial charge is 0.496 e. The Bertz CT molecular complexity index is 866. The van der Waals surface area contributed by atoms with Gasteiger partial charge in [-0.05, 0) is 54.2 Å². The molecule has 0 fully saturated rings. The zero-order chi connectivity index (χ0) is 21.6. The van der Waals surface area contributed by atoms with Gasteiger partial charge in [-0.25, -0.2) is 0 Å². The molecule has 0 heterocycles. The number of rotatable bonds is 9. The van der Waals surface area contributed by atoms with Crippen LogP contribution < -0.4 is 10.1 Å². The van der Waals surface area contributed by atoms with Crippen LogP contribution in [0.3, 0.4) is 0 Å². The van der Waals surface area contributed by atoms with E-state index in [1.165, 1.54) is 23.9 Å². The smallest absolute Gasteiger partial charge is 0.269 e. The molecule has 6 nitrogen and oxygen atoms in total. The normalized spacial score (nSPS) is 11.9. The highest BCUT2D eigenvalue weighted by Gasteiger charge is 2.17. The third-order valence-electron chi connectivity index (χ3n) is 4.73. The predicted octanol–water partition coefficient (Wildman–Crippen LogP) is 5.15. The van der Waals surface area contributed by atoms with Crippen molar-refractivity contribution in [3.05, 3.63) is 68.8 Å². The molecule has 1 atom stereocenters. The molecular formula is C22H28N2O4S. The zero-order valence-electron chi connectivity index (χ0n) is 17.5. The Morgan fingerprint density at radius 1 is 1.17 bits per heavy atom. The van der Waals surface area contributed by atoms with Crippen molar-refractivity contribution in [1.29, 1.82) is 0 Å². The highest BCUT2D eigenvalue weighted by atomic mass is 32.2. The number of aryl methyl sites for hydroxylation is 1. The summed E-state index contributed by atoms with van der Waals surface area (Å²) in [5.41, 5.74) is 4.32. The van der Waals surface area contributed by atoms with Gasteiger partial charge in [0.15, 0.2) is 0 Å². The Hall–Kier alpha value is -2.54. The lowest BCUT2D eigenvalue weighted by molar-refractivity contribution is -0.384. The number of methoxy groups -OCH3 is 1. The summed E-state index contributed by atoms with van der Waals surface area (Å²) in [7, 11) is 1.67. The number of carbonyl (C=O) groups excluding carboxylic acids is 1. The third-order valence-corrected chi connectivity index (χ3v) is 5.74. The Labute approximate surface area is 176 Å². The SMILES string of the molecule is COc1cc(C)c([C@H](C)NC(=O)CSCc2ccc([N+](=O)[O-])cc2)cc1C(C)C. The molecule has 0 spiro atoms. The standard InChI is InChI=1S/C22H28N2O4S/c1-14(2)19-11-20(15(3)10-21(19)28-5)16(4)23-22(25)13-29-12-17-6-8-18(9-7-17)24(26)27/h6-11,14,16H,12-13H2,1-5H3,(H,23,25)/t16-/m0/s1. The number of carbonyl (C=O) groups is 1. The van der Waals surface area contributed by atoms with Crippen LogP contribution in [0.15, 0.2) is 36.4 Å². The molecule has 156 valence electrons. The summed E-state index contributed by atoms with van der Waals surface area (Å²) in [4.78, 5) is 22.6. The van der Waals surface area contributed by atoms with E-state index in [0.717, 1.165) is 28.0 Å². The minimum Gasteiger partial charge on any atom is -0.496 e. The van der Waals surface area contributed by atoms with Crippen LogP contribution >= 0.6 is 11.8 Å². The Morgan fingerprint density at radius 3 is 2.38 bits per heavy atom. The van der Waals surface area contributed by atoms with E-state index in [1.54, 1.807) is 19.2 Å². The number of ether oxygens (including phenoxy) is 1. The highest BCUT2D eigenvalue weighted by molar-refractivity contribution is 7.99. The van der Waals surface area contributed by atoms with E-state index in [4.69, 9.17) is 4.74 Å². The number of nitro benzene ring substituents is 1. The molecule has 2 rings (SSSR count). The number of amides is 1. The fourth-order valence-electron chi connectivity index (χ4n) is 3.15. The van der Waals surface area contributed by atoms with Crippen LogP contribution in [0.25, 0.3) is 0 Å². The van der Waals surface area contributed by atoms with Crippen molar-refractivity contribution in [3.8, 4) is 5.75 Å². The summed E-state index contributed by atoms with van der Waals surface area (Å²) in [6.07, 6.45) is 0. The molecule has 2 aromatic rings. The van der Waals surface area contributed by atoms with Crippen LogP contribution in [-0.2, 0) is 10.5 Å². The van der Waals surface area contributed by atoms with Crippen molar-refractivity contribution in [1.82, 2.24) is 5.32 Å². The topological polar surface area (TPSA) is 81.5 Å². The van der Waals surface area contributed by atoms with Gasteiger partial charge in [0.2, 0.25) is 5.91 Å². The zero-order valence-corrected chi connectivity index (χ0v) is 18.3. The molecule has 0 aliphatic rings. The molecule has 0 saturated heterocycles. The first kappa shape index (κ1) is 22.7. The van der Waals surface area contributed by atoms with Gasteiger partial charge in [0.05, 0.1) is 23.8 Å². The van der Waals surface area contributed by atoms with Crippen molar-refractivity contribution in [2.75, 3.05) is 12.9 Å². The second-order valence-corrected chi connectivity index (χ2v) is 8.30. The van der Waals surface area contributed by atoms with Crippen LogP contribution in [0.5, 0.6) is 5.75 Å². The van der Waals surface area contributed by atoms with Gasteiger partial charge in [0.1, 0.15) is 5.75 Å². The predicted molar refractivity (Wildman–Crippen MR) is 118 cm³/mol. The van der Waals surface area contributed by atoms with Crippen LogP contribution in [-0.4, -0.2) is 23.7 Å². The van der Waals surface area contributed by atoms with Gasteiger partial charge in [0, 0.05) is 17.9 Å². The van der Waals surface area contributed by atoms with Crippen LogP contribution in [0, 0.1) is 17.0 Å². The van der Waals surface area contributed by atoms with E-state index in [1.807, 2.05) is 19.9 Å². The van der Waals surface area contributed by atoms with Crippen molar-refractivity contribution in [3.63, 3.8) is 0 Å². The van der Waals surface area contributed by atoms with E-state index in [-0.39, 0.29) is 17.6 Å². The molecule has 0 aromatic heterocycles. The van der Waals surface area contributed by atoms with Gasteiger partial charge in [-0.3, -0.25) is 14.9 Å². The molecule has 0 bridgehead atoms. The minimum absolute atomic E-state index is 0.0364. The van der Waals surface area contributed by atoms with Crippen molar-refractivity contribution >= 4 is 23.4 Å². The fraction of sp³-hybridized carbons (Fsp3) is 0.409. The van der Waals surface area contributed by atoms with E-state index < -0.39 is 4.92 Å². The van der Waals surface area contributed by atoms with E-state index in [2.05, 4.69) is 25.2 Å². The Kier molecular flexibility index (Phi) is 8.08. The second-order valence-electron chi connectivity index (χ2n) is 7.31. The molecular weight excluding hydrogens is 388 g/mol. The van der Waals surface area contributed by atoms with Crippen LogP contribution in [0.4, 0.5) is 5.69 Å². The van der Waals surface area contributed by atoms with Crippen molar-refractivity contribution in [2.24, 2.45) is 0 Å². The summed E-state index contributed by atoms with van der Waals surface area (Å²) in [6, 6.07) is 10.4. The molecule has 0 radical (unpaired) electrons. The number of nitrogens with one attached hydrogen (secondary N) is 1. The number of nitro groups is 1. The van der Waals surface area contributed by atoms with Gasteiger partial charge in [-0.1, -0.05) is 26.0 Å². The van der Waals surface area contributed by atoms with Gasteiger partial charge in [-0.2, -0.15) is 0 Å². The lowest BCUT2D eigenvalue weighted by atomic mass is 9.93. The summed E-state index contributed by atoms with van der Waals surface area (Å²) in [5.74, 6) is 2.11. The molecule has 0 unspecified atom stereocenters. The van der Waals surface area contributed by atoms with E-state index in [9.17, 15) is 14.9 Å². The molecule has 1 amide bonds. The van der Waals surface area contributed by atoms with E-state index in [0.29, 0.717) is 17.4 Å². The average Bonchev–Trinajstić information content (AvgIpc) is 2.67. The van der Waals surface area contributed by atoms with Gasteiger partial charge < -0.3 is 10.1 Å². The molecule has 0 saturated carbocycles. The number of benzene rings is 2. The highest BCUT2D eigenvalue weighted by Crippen LogP contribution is 2.32. The Morgan fingerprint density at radius 2 is 1.83 bits per heavy atom. The number of hydrogen-bond acceptors (Lipinski definition) is 5. The number of thioether (sulfide) groups is 1. The number of nitrogens with zero attached hydrogens (tertiary/aromatic N) is 1. The molecule has 0 aliphatic carbocycles. The maximum absolute atomic E-state index is 12.4. The number of hydrogen-bond donors (Lipinski definition) is 1. The summed E-state index contributed by atoms with van der Waals surface area (Å²) in [6.45, 7) is 8.25. The average molecular weight is 417 g/mol. The summed E-state index contributed by atoms with van der Waals surface area (Å²) >= 11 is 1.48. The molecule has 1 N–H and O–H groups in total. The second kappa shape index (κ2) is 10.3. The minimum atomic E-state index is -0.419. The third kappa shape index (κ3) is 6.22. The fourth-order valence-corrected chi connectivity index (χ4v) is 3.95. The van der Waals surface area contributed by atoms with Crippen LogP contribution in [0.2, 0.25) is 0 Å². The van der Waals surface area contributed by atoms with Gasteiger partial charge in [0.25, 0.3) is 5.69 Å². The van der Waals surface area contributed by atoms with Crippen molar-refractivity contribution in [2.45, 2.75) is 45.4 Å². The molecule has 29 heavy (non-hydrogen) atoms.